The molecule has 1 amide bonds. The van der Waals surface area contributed by atoms with E-state index >= 15 is 0 Å². The third-order valence-corrected chi connectivity index (χ3v) is 4.29. The molecular formula is C16H14N2O4S. The van der Waals surface area contributed by atoms with Gasteiger partial charge >= 0.3 is 0 Å². The van der Waals surface area contributed by atoms with Crippen LogP contribution in [-0.2, 0) is 14.8 Å². The fourth-order valence-corrected chi connectivity index (χ4v) is 2.70. The van der Waals surface area contributed by atoms with E-state index in [0.29, 0.717) is 11.3 Å². The number of fused-ring (bicyclic) bond motifs is 1. The number of para-hydroxylation sites is 1. The molecule has 0 saturated carbocycles. The normalized spacial score (nSPS) is 13.5. The third-order valence-electron chi connectivity index (χ3n) is 3.36. The summed E-state index contributed by atoms with van der Waals surface area (Å²) in [5.41, 5.74) is 1.80. The summed E-state index contributed by atoms with van der Waals surface area (Å²) in [5.74, 6) is 0.435. The summed E-state index contributed by atoms with van der Waals surface area (Å²) in [6, 6.07) is 13.1. The molecule has 0 atom stereocenters. The van der Waals surface area contributed by atoms with E-state index in [1.807, 2.05) is 24.3 Å². The summed E-state index contributed by atoms with van der Waals surface area (Å²) in [6.07, 6.45) is 1.77. The highest BCUT2D eigenvalue weighted by Gasteiger charge is 2.17. The van der Waals surface area contributed by atoms with Crippen LogP contribution in [-0.4, -0.2) is 20.9 Å². The summed E-state index contributed by atoms with van der Waals surface area (Å²) < 4.78 is 27.9. The standard InChI is InChI=1S/C16H14N2O4S/c17-23(20,21)14-7-5-13(6-8-14)18-16(19)12-9-11-3-1-2-4-15(11)22-10-12/h1-9H,10H2,(H,18,19)(H2,17,20,21). The van der Waals surface area contributed by atoms with Crippen molar-refractivity contribution >= 4 is 27.7 Å². The molecule has 0 spiro atoms. The number of hydrogen-bond donors (Lipinski definition) is 2. The first kappa shape index (κ1) is 15.3. The molecule has 0 unspecified atom stereocenters. The van der Waals surface area contributed by atoms with Gasteiger partial charge in [-0.15, -0.1) is 0 Å². The van der Waals surface area contributed by atoms with Crippen LogP contribution in [0.2, 0.25) is 0 Å². The maximum absolute atomic E-state index is 12.3. The first-order chi connectivity index (χ1) is 10.9. The van der Waals surface area contributed by atoms with E-state index in [-0.39, 0.29) is 17.4 Å². The van der Waals surface area contributed by atoms with Gasteiger partial charge in [-0.05, 0) is 36.4 Å². The Morgan fingerprint density at radius 2 is 1.78 bits per heavy atom. The predicted molar refractivity (Wildman–Crippen MR) is 86.4 cm³/mol. The van der Waals surface area contributed by atoms with Crippen LogP contribution >= 0.6 is 0 Å². The second kappa shape index (κ2) is 5.86. The molecule has 0 bridgehead atoms. The summed E-state index contributed by atoms with van der Waals surface area (Å²) in [6.45, 7) is 0.179. The highest BCUT2D eigenvalue weighted by atomic mass is 32.2. The Morgan fingerprint density at radius 3 is 2.48 bits per heavy atom. The predicted octanol–water partition coefficient (Wildman–Crippen LogP) is 1.75. The van der Waals surface area contributed by atoms with Crippen LogP contribution in [0.1, 0.15) is 5.56 Å². The molecule has 1 aliphatic rings. The lowest BCUT2D eigenvalue weighted by atomic mass is 10.1. The number of nitrogens with one attached hydrogen (secondary N) is 1. The van der Waals surface area contributed by atoms with Gasteiger partial charge in [-0.1, -0.05) is 18.2 Å². The number of benzene rings is 2. The number of hydrogen-bond acceptors (Lipinski definition) is 4. The minimum atomic E-state index is -3.75. The monoisotopic (exact) mass is 330 g/mol. The lowest BCUT2D eigenvalue weighted by molar-refractivity contribution is -0.113. The zero-order chi connectivity index (χ0) is 16.4. The van der Waals surface area contributed by atoms with Crippen molar-refractivity contribution in [3.05, 3.63) is 59.7 Å². The first-order valence-electron chi connectivity index (χ1n) is 6.80. The number of primary sulfonamides is 1. The van der Waals surface area contributed by atoms with Crippen molar-refractivity contribution in [2.24, 2.45) is 5.14 Å². The van der Waals surface area contributed by atoms with E-state index in [0.717, 1.165) is 11.3 Å². The fraction of sp³-hybridized carbons (Fsp3) is 0.0625. The Hall–Kier alpha value is -2.64. The van der Waals surface area contributed by atoms with Crippen LogP contribution in [0.4, 0.5) is 5.69 Å². The van der Waals surface area contributed by atoms with Crippen molar-refractivity contribution in [2.75, 3.05) is 11.9 Å². The van der Waals surface area contributed by atoms with Crippen LogP contribution in [0.25, 0.3) is 6.08 Å². The first-order valence-corrected chi connectivity index (χ1v) is 8.35. The van der Waals surface area contributed by atoms with Gasteiger partial charge in [0.2, 0.25) is 10.0 Å². The van der Waals surface area contributed by atoms with Crippen LogP contribution < -0.4 is 15.2 Å². The van der Waals surface area contributed by atoms with Gasteiger partial charge < -0.3 is 10.1 Å². The third kappa shape index (κ3) is 3.41. The summed E-state index contributed by atoms with van der Waals surface area (Å²) in [4.78, 5) is 12.2. The number of carbonyl (C=O) groups is 1. The molecule has 1 heterocycles. The number of rotatable bonds is 3. The van der Waals surface area contributed by atoms with Gasteiger partial charge in [0.05, 0.1) is 10.5 Å². The summed E-state index contributed by atoms with van der Waals surface area (Å²) in [7, 11) is -3.75. The van der Waals surface area contributed by atoms with Crippen LogP contribution in [0.5, 0.6) is 5.75 Å². The topological polar surface area (TPSA) is 98.5 Å². The largest absolute Gasteiger partial charge is 0.488 e. The smallest absolute Gasteiger partial charge is 0.255 e. The van der Waals surface area contributed by atoms with Gasteiger partial charge in [0, 0.05) is 11.3 Å². The lowest BCUT2D eigenvalue weighted by Crippen LogP contribution is -2.21. The van der Waals surface area contributed by atoms with Crippen LogP contribution in [0.3, 0.4) is 0 Å². The molecule has 0 saturated heterocycles. The average molecular weight is 330 g/mol. The van der Waals surface area contributed by atoms with Gasteiger partial charge in [-0.2, -0.15) is 0 Å². The fourth-order valence-electron chi connectivity index (χ4n) is 2.19. The van der Waals surface area contributed by atoms with Gasteiger partial charge in [0.1, 0.15) is 12.4 Å². The molecule has 6 nitrogen and oxygen atoms in total. The second-order valence-electron chi connectivity index (χ2n) is 5.02. The number of ether oxygens (including phenoxy) is 1. The molecule has 1 aliphatic heterocycles. The average Bonchev–Trinajstić information content (AvgIpc) is 2.54. The van der Waals surface area contributed by atoms with E-state index in [2.05, 4.69) is 5.32 Å². The van der Waals surface area contributed by atoms with Crippen molar-refractivity contribution in [1.82, 2.24) is 0 Å². The molecule has 23 heavy (non-hydrogen) atoms. The molecule has 118 valence electrons. The van der Waals surface area contributed by atoms with Crippen LogP contribution in [0, 0.1) is 0 Å². The molecule has 2 aromatic carbocycles. The highest BCUT2D eigenvalue weighted by Crippen LogP contribution is 2.26. The Bertz CT molecular complexity index is 887. The Balaban J connectivity index is 1.77. The maximum atomic E-state index is 12.3. The van der Waals surface area contributed by atoms with E-state index in [1.54, 1.807) is 6.08 Å². The summed E-state index contributed by atoms with van der Waals surface area (Å²) >= 11 is 0. The van der Waals surface area contributed by atoms with Gasteiger partial charge in [0.15, 0.2) is 0 Å². The van der Waals surface area contributed by atoms with Crippen molar-refractivity contribution in [3.8, 4) is 5.75 Å². The Kier molecular flexibility index (Phi) is 3.89. The van der Waals surface area contributed by atoms with Crippen molar-refractivity contribution in [1.29, 1.82) is 0 Å². The van der Waals surface area contributed by atoms with Gasteiger partial charge in [0.25, 0.3) is 5.91 Å². The number of sulfonamides is 1. The van der Waals surface area contributed by atoms with E-state index in [4.69, 9.17) is 9.88 Å². The number of nitrogens with two attached hydrogens (primary N) is 1. The van der Waals surface area contributed by atoms with Crippen molar-refractivity contribution in [3.63, 3.8) is 0 Å². The minimum Gasteiger partial charge on any atom is -0.488 e. The second-order valence-corrected chi connectivity index (χ2v) is 6.58. The lowest BCUT2D eigenvalue weighted by Gasteiger charge is -2.17. The van der Waals surface area contributed by atoms with E-state index < -0.39 is 10.0 Å². The molecule has 7 heteroatoms. The van der Waals surface area contributed by atoms with Crippen molar-refractivity contribution in [2.45, 2.75) is 4.90 Å². The minimum absolute atomic E-state index is 0.00959. The highest BCUT2D eigenvalue weighted by molar-refractivity contribution is 7.89. The quantitative estimate of drug-likeness (QED) is 0.895. The van der Waals surface area contributed by atoms with E-state index in [1.165, 1.54) is 24.3 Å². The molecule has 2 aromatic rings. The molecule has 0 aromatic heterocycles. The molecule has 3 N–H and O–H groups in total. The summed E-state index contributed by atoms with van der Waals surface area (Å²) in [5, 5.41) is 7.73. The number of carbonyl (C=O) groups excluding carboxylic acids is 1. The zero-order valence-electron chi connectivity index (χ0n) is 12.0. The van der Waals surface area contributed by atoms with Gasteiger partial charge in [-0.25, -0.2) is 13.6 Å². The molecule has 0 aliphatic carbocycles. The molecular weight excluding hydrogens is 316 g/mol. The van der Waals surface area contributed by atoms with Crippen molar-refractivity contribution < 1.29 is 17.9 Å². The van der Waals surface area contributed by atoms with Crippen LogP contribution in [0.15, 0.2) is 59.0 Å². The Morgan fingerprint density at radius 1 is 1.09 bits per heavy atom. The van der Waals surface area contributed by atoms with E-state index in [9.17, 15) is 13.2 Å². The molecule has 0 radical (unpaired) electrons. The molecule has 3 rings (SSSR count). The SMILES string of the molecule is NS(=O)(=O)c1ccc(NC(=O)C2=Cc3ccccc3OC2)cc1. The number of amides is 1. The zero-order valence-corrected chi connectivity index (χ0v) is 12.8. The Labute approximate surface area is 133 Å². The van der Waals surface area contributed by atoms with Gasteiger partial charge in [-0.3, -0.25) is 4.79 Å². The number of anilines is 1. The molecule has 0 fully saturated rings. The maximum Gasteiger partial charge on any atom is 0.255 e.